The highest BCUT2D eigenvalue weighted by Gasteiger charge is 2.13. The lowest BCUT2D eigenvalue weighted by Gasteiger charge is -2.18. The molecule has 0 spiro atoms. The molecule has 0 heterocycles. The Labute approximate surface area is 153 Å². The van der Waals surface area contributed by atoms with Crippen molar-refractivity contribution in [3.8, 4) is 0 Å². The molecule has 4 heteroatoms. The van der Waals surface area contributed by atoms with E-state index < -0.39 is 0 Å². The van der Waals surface area contributed by atoms with Crippen molar-refractivity contribution in [2.24, 2.45) is 0 Å². The lowest BCUT2D eigenvalue weighted by molar-refractivity contribution is -0.121. The Morgan fingerprint density at radius 3 is 2.38 bits per heavy atom. The molecule has 0 saturated heterocycles. The van der Waals surface area contributed by atoms with E-state index in [1.807, 2.05) is 32.0 Å². The number of nitrogens with one attached hydrogen (secondary N) is 2. The summed E-state index contributed by atoms with van der Waals surface area (Å²) < 4.78 is 13.8. The summed E-state index contributed by atoms with van der Waals surface area (Å²) in [4.78, 5) is 12.2. The maximum absolute atomic E-state index is 13.8. The lowest BCUT2D eigenvalue weighted by atomic mass is 10.0. The predicted octanol–water partition coefficient (Wildman–Crippen LogP) is 4.51. The first-order valence-electron chi connectivity index (χ1n) is 8.80. The minimum Gasteiger partial charge on any atom is -0.348 e. The third kappa shape index (κ3) is 4.27. The maximum Gasteiger partial charge on any atom is 0.234 e. The van der Waals surface area contributed by atoms with Crippen LogP contribution in [0.3, 0.4) is 0 Å². The molecule has 0 bridgehead atoms. The van der Waals surface area contributed by atoms with Crippen molar-refractivity contribution in [3.63, 3.8) is 0 Å². The number of carbonyl (C=O) groups is 1. The SMILES string of the molecule is CC(NC(=O)CNC(C)c1ccccc1F)c1ccc2ccccc2c1. The van der Waals surface area contributed by atoms with Crippen LogP contribution in [0.5, 0.6) is 0 Å². The van der Waals surface area contributed by atoms with Crippen LogP contribution in [-0.2, 0) is 4.79 Å². The molecule has 2 N–H and O–H groups in total. The van der Waals surface area contributed by atoms with Crippen molar-refractivity contribution < 1.29 is 9.18 Å². The van der Waals surface area contributed by atoms with Crippen LogP contribution >= 0.6 is 0 Å². The maximum atomic E-state index is 13.8. The number of benzene rings is 3. The number of fused-ring (bicyclic) bond motifs is 1. The summed E-state index contributed by atoms with van der Waals surface area (Å²) in [5.41, 5.74) is 1.61. The molecule has 3 nitrogen and oxygen atoms in total. The van der Waals surface area contributed by atoms with Crippen LogP contribution in [0.1, 0.15) is 37.1 Å². The second kappa shape index (κ2) is 8.11. The average molecular weight is 350 g/mol. The summed E-state index contributed by atoms with van der Waals surface area (Å²) in [6, 6.07) is 20.6. The fourth-order valence-electron chi connectivity index (χ4n) is 3.03. The number of halogens is 1. The van der Waals surface area contributed by atoms with Crippen LogP contribution in [0.15, 0.2) is 66.7 Å². The van der Waals surface area contributed by atoms with Gasteiger partial charge in [0.1, 0.15) is 5.82 Å². The molecule has 134 valence electrons. The molecule has 3 rings (SSSR count). The minimum atomic E-state index is -0.266. The van der Waals surface area contributed by atoms with E-state index in [2.05, 4.69) is 34.9 Å². The van der Waals surface area contributed by atoms with Crippen molar-refractivity contribution >= 4 is 16.7 Å². The van der Waals surface area contributed by atoms with Gasteiger partial charge >= 0.3 is 0 Å². The molecule has 3 aromatic carbocycles. The summed E-state index contributed by atoms with van der Waals surface area (Å²) >= 11 is 0. The van der Waals surface area contributed by atoms with Crippen molar-refractivity contribution in [3.05, 3.63) is 83.7 Å². The molecular weight excluding hydrogens is 327 g/mol. The Kier molecular flexibility index (Phi) is 5.64. The zero-order valence-corrected chi connectivity index (χ0v) is 15.0. The normalized spacial score (nSPS) is 13.3. The van der Waals surface area contributed by atoms with E-state index in [1.165, 1.54) is 11.5 Å². The quantitative estimate of drug-likeness (QED) is 0.687. The standard InChI is InChI=1S/C22H23FN2O/c1-15(18-12-11-17-7-3-4-8-19(17)13-18)25-22(26)14-24-16(2)20-9-5-6-10-21(20)23/h3-13,15-16,24H,14H2,1-2H3,(H,25,26). The van der Waals surface area contributed by atoms with Gasteiger partial charge in [-0.05, 0) is 42.3 Å². The zero-order valence-electron chi connectivity index (χ0n) is 15.0. The van der Waals surface area contributed by atoms with E-state index in [0.717, 1.165) is 10.9 Å². The van der Waals surface area contributed by atoms with E-state index in [4.69, 9.17) is 0 Å². The molecule has 26 heavy (non-hydrogen) atoms. The first kappa shape index (κ1) is 18.1. The van der Waals surface area contributed by atoms with Crippen LogP contribution in [0.25, 0.3) is 10.8 Å². The smallest absolute Gasteiger partial charge is 0.234 e. The Balaban J connectivity index is 1.57. The highest BCUT2D eigenvalue weighted by atomic mass is 19.1. The molecule has 0 aromatic heterocycles. The first-order chi connectivity index (χ1) is 12.5. The number of hydrogen-bond donors (Lipinski definition) is 2. The summed E-state index contributed by atoms with van der Waals surface area (Å²) in [6.45, 7) is 3.94. The lowest BCUT2D eigenvalue weighted by Crippen LogP contribution is -2.36. The van der Waals surface area contributed by atoms with Crippen LogP contribution in [0, 0.1) is 5.82 Å². The molecule has 2 unspecified atom stereocenters. The number of amides is 1. The van der Waals surface area contributed by atoms with Gasteiger partial charge in [-0.2, -0.15) is 0 Å². The Hall–Kier alpha value is -2.72. The van der Waals surface area contributed by atoms with E-state index in [1.54, 1.807) is 18.2 Å². The molecule has 0 aliphatic carbocycles. The second-order valence-electron chi connectivity index (χ2n) is 6.52. The second-order valence-corrected chi connectivity index (χ2v) is 6.52. The molecular formula is C22H23FN2O. The van der Waals surface area contributed by atoms with Gasteiger partial charge in [0.2, 0.25) is 5.91 Å². The monoisotopic (exact) mass is 350 g/mol. The molecule has 3 aromatic rings. The molecule has 0 aliphatic rings. The fraction of sp³-hybridized carbons (Fsp3) is 0.227. The van der Waals surface area contributed by atoms with Crippen molar-refractivity contribution in [2.75, 3.05) is 6.54 Å². The number of hydrogen-bond acceptors (Lipinski definition) is 2. The summed E-state index contributed by atoms with van der Waals surface area (Å²) in [5.74, 6) is -0.383. The summed E-state index contributed by atoms with van der Waals surface area (Å²) in [7, 11) is 0. The van der Waals surface area contributed by atoms with E-state index in [-0.39, 0.29) is 30.4 Å². The topological polar surface area (TPSA) is 41.1 Å². The van der Waals surface area contributed by atoms with Gasteiger partial charge < -0.3 is 10.6 Å². The van der Waals surface area contributed by atoms with Crippen molar-refractivity contribution in [2.45, 2.75) is 25.9 Å². The first-order valence-corrected chi connectivity index (χ1v) is 8.80. The molecule has 0 radical (unpaired) electrons. The van der Waals surface area contributed by atoms with Gasteiger partial charge in [-0.3, -0.25) is 4.79 Å². The summed E-state index contributed by atoms with van der Waals surface area (Å²) in [5, 5.41) is 8.39. The molecule has 0 fully saturated rings. The van der Waals surface area contributed by atoms with Gasteiger partial charge in [0.25, 0.3) is 0 Å². The third-order valence-corrected chi connectivity index (χ3v) is 4.59. The largest absolute Gasteiger partial charge is 0.348 e. The van der Waals surface area contributed by atoms with Crippen LogP contribution < -0.4 is 10.6 Å². The highest BCUT2D eigenvalue weighted by Crippen LogP contribution is 2.20. The van der Waals surface area contributed by atoms with E-state index >= 15 is 0 Å². The molecule has 1 amide bonds. The van der Waals surface area contributed by atoms with Crippen LogP contribution in [-0.4, -0.2) is 12.5 Å². The number of rotatable bonds is 6. The number of carbonyl (C=O) groups excluding carboxylic acids is 1. The van der Waals surface area contributed by atoms with Gasteiger partial charge in [-0.1, -0.05) is 54.6 Å². The molecule has 0 saturated carbocycles. The Morgan fingerprint density at radius 1 is 0.923 bits per heavy atom. The van der Waals surface area contributed by atoms with E-state index in [0.29, 0.717) is 5.56 Å². The van der Waals surface area contributed by atoms with Crippen LogP contribution in [0.2, 0.25) is 0 Å². The van der Waals surface area contributed by atoms with Gasteiger partial charge in [-0.25, -0.2) is 4.39 Å². The Bertz CT molecular complexity index is 909. The summed E-state index contributed by atoms with van der Waals surface area (Å²) in [6.07, 6.45) is 0. The van der Waals surface area contributed by atoms with Gasteiger partial charge in [-0.15, -0.1) is 0 Å². The zero-order chi connectivity index (χ0) is 18.5. The van der Waals surface area contributed by atoms with Gasteiger partial charge in [0.05, 0.1) is 12.6 Å². The predicted molar refractivity (Wildman–Crippen MR) is 103 cm³/mol. The molecule has 0 aliphatic heterocycles. The van der Waals surface area contributed by atoms with E-state index in [9.17, 15) is 9.18 Å². The Morgan fingerprint density at radius 2 is 1.62 bits per heavy atom. The van der Waals surface area contributed by atoms with Gasteiger partial charge in [0.15, 0.2) is 0 Å². The highest BCUT2D eigenvalue weighted by molar-refractivity contribution is 5.83. The van der Waals surface area contributed by atoms with Crippen molar-refractivity contribution in [1.29, 1.82) is 0 Å². The van der Waals surface area contributed by atoms with Crippen molar-refractivity contribution in [1.82, 2.24) is 10.6 Å². The average Bonchev–Trinajstić information content (AvgIpc) is 2.66. The fourth-order valence-corrected chi connectivity index (χ4v) is 3.03. The minimum absolute atomic E-state index is 0.0994. The van der Waals surface area contributed by atoms with Gasteiger partial charge in [0, 0.05) is 11.6 Å². The van der Waals surface area contributed by atoms with Crippen LogP contribution in [0.4, 0.5) is 4.39 Å². The molecule has 2 atom stereocenters. The third-order valence-electron chi connectivity index (χ3n) is 4.59.